The predicted molar refractivity (Wildman–Crippen MR) is 96.6 cm³/mol. The summed E-state index contributed by atoms with van der Waals surface area (Å²) in [5.41, 5.74) is 2.26. The van der Waals surface area contributed by atoms with E-state index in [-0.39, 0.29) is 5.88 Å². The Morgan fingerprint density at radius 1 is 1.08 bits per heavy atom. The second kappa shape index (κ2) is 7.35. The molecule has 2 aliphatic heterocycles. The highest BCUT2D eigenvalue weighted by Crippen LogP contribution is 2.30. The third-order valence-electron chi connectivity index (χ3n) is 5.24. The van der Waals surface area contributed by atoms with Gasteiger partial charge in [0.2, 0.25) is 11.8 Å². The first-order valence-electron chi connectivity index (χ1n) is 9.22. The van der Waals surface area contributed by atoms with Gasteiger partial charge in [-0.2, -0.15) is 4.98 Å². The summed E-state index contributed by atoms with van der Waals surface area (Å²) in [5, 5.41) is 10.0. The van der Waals surface area contributed by atoms with Crippen LogP contribution in [0.25, 0.3) is 0 Å². The maximum absolute atomic E-state index is 10.0. The minimum absolute atomic E-state index is 0.102. The lowest BCUT2D eigenvalue weighted by atomic mass is 9.93. The van der Waals surface area contributed by atoms with E-state index in [1.54, 1.807) is 6.07 Å². The lowest BCUT2D eigenvalue weighted by molar-refractivity contribution is 0.203. The van der Waals surface area contributed by atoms with Crippen molar-refractivity contribution in [2.75, 3.05) is 31.1 Å². The zero-order valence-corrected chi connectivity index (χ0v) is 14.5. The standard InChI is InChI=1S/C19H25N5O/c25-18-12-17(21-19(22-18)24-8-1-2-9-24)16-5-10-23(11-6-16)14-15-4-3-7-20-13-15/h3-4,7,12-13,16H,1-2,5-6,8-11,14H2,(H,21,22,25). The van der Waals surface area contributed by atoms with Crippen LogP contribution in [0.5, 0.6) is 5.88 Å². The van der Waals surface area contributed by atoms with Crippen LogP contribution < -0.4 is 4.90 Å². The molecular weight excluding hydrogens is 314 g/mol. The minimum atomic E-state index is 0.102. The maximum atomic E-state index is 10.0. The van der Waals surface area contributed by atoms with E-state index in [0.717, 1.165) is 51.3 Å². The highest BCUT2D eigenvalue weighted by atomic mass is 16.3. The summed E-state index contributed by atoms with van der Waals surface area (Å²) in [4.78, 5) is 17.9. The lowest BCUT2D eigenvalue weighted by Gasteiger charge is -2.32. The van der Waals surface area contributed by atoms with Crippen molar-refractivity contribution < 1.29 is 5.11 Å². The van der Waals surface area contributed by atoms with Crippen molar-refractivity contribution in [3.8, 4) is 5.88 Å². The Kier molecular flexibility index (Phi) is 4.78. The SMILES string of the molecule is Oc1cc(C2CCN(Cc3cccnc3)CC2)nc(N2CCCC2)n1. The first-order chi connectivity index (χ1) is 12.3. The zero-order valence-electron chi connectivity index (χ0n) is 14.5. The number of rotatable bonds is 4. The molecule has 0 spiro atoms. The van der Waals surface area contributed by atoms with Crippen LogP contribution in [-0.4, -0.2) is 51.1 Å². The quantitative estimate of drug-likeness (QED) is 0.923. The third-order valence-corrected chi connectivity index (χ3v) is 5.24. The summed E-state index contributed by atoms with van der Waals surface area (Å²) < 4.78 is 0. The number of hydrogen-bond acceptors (Lipinski definition) is 6. The number of aromatic hydroxyl groups is 1. The molecule has 0 aromatic carbocycles. The summed E-state index contributed by atoms with van der Waals surface area (Å²) >= 11 is 0. The molecule has 4 heterocycles. The van der Waals surface area contributed by atoms with E-state index < -0.39 is 0 Å². The molecule has 2 aromatic heterocycles. The van der Waals surface area contributed by atoms with Crippen LogP contribution in [0, 0.1) is 0 Å². The van der Waals surface area contributed by atoms with E-state index >= 15 is 0 Å². The van der Waals surface area contributed by atoms with Gasteiger partial charge in [-0.3, -0.25) is 9.88 Å². The third kappa shape index (κ3) is 3.90. The van der Waals surface area contributed by atoms with Gasteiger partial charge in [-0.15, -0.1) is 0 Å². The van der Waals surface area contributed by atoms with Crippen LogP contribution in [0.2, 0.25) is 0 Å². The normalized spacial score (nSPS) is 19.4. The molecule has 132 valence electrons. The summed E-state index contributed by atoms with van der Waals surface area (Å²) in [7, 11) is 0. The summed E-state index contributed by atoms with van der Waals surface area (Å²) in [6.07, 6.45) is 8.25. The second-order valence-corrected chi connectivity index (χ2v) is 7.06. The molecule has 4 rings (SSSR count). The Labute approximate surface area is 148 Å². The molecular formula is C19H25N5O. The Bertz CT molecular complexity index is 694. The Morgan fingerprint density at radius 3 is 2.60 bits per heavy atom. The van der Waals surface area contributed by atoms with Crippen LogP contribution in [0.4, 0.5) is 5.95 Å². The van der Waals surface area contributed by atoms with Crippen molar-refractivity contribution in [2.24, 2.45) is 0 Å². The molecule has 25 heavy (non-hydrogen) atoms. The Balaban J connectivity index is 1.40. The van der Waals surface area contributed by atoms with Gasteiger partial charge < -0.3 is 10.0 Å². The molecule has 0 saturated carbocycles. The number of piperidine rings is 1. The van der Waals surface area contributed by atoms with Crippen molar-refractivity contribution in [3.63, 3.8) is 0 Å². The molecule has 0 atom stereocenters. The molecule has 0 aliphatic carbocycles. The van der Waals surface area contributed by atoms with Crippen molar-refractivity contribution >= 4 is 5.95 Å². The lowest BCUT2D eigenvalue weighted by Crippen LogP contribution is -2.33. The number of likely N-dealkylation sites (tertiary alicyclic amines) is 1. The largest absolute Gasteiger partial charge is 0.493 e. The molecule has 2 aliphatic rings. The first kappa shape index (κ1) is 16.3. The molecule has 0 amide bonds. The molecule has 6 nitrogen and oxygen atoms in total. The Morgan fingerprint density at radius 2 is 1.88 bits per heavy atom. The molecule has 2 aromatic rings. The van der Waals surface area contributed by atoms with Crippen molar-refractivity contribution in [2.45, 2.75) is 38.1 Å². The van der Waals surface area contributed by atoms with Crippen LogP contribution in [-0.2, 0) is 6.54 Å². The van der Waals surface area contributed by atoms with Gasteiger partial charge in [0.1, 0.15) is 0 Å². The monoisotopic (exact) mass is 339 g/mol. The van der Waals surface area contributed by atoms with Crippen molar-refractivity contribution in [3.05, 3.63) is 41.9 Å². The van der Waals surface area contributed by atoms with Crippen molar-refractivity contribution in [1.29, 1.82) is 0 Å². The van der Waals surface area contributed by atoms with Gasteiger partial charge >= 0.3 is 0 Å². The average Bonchev–Trinajstić information content (AvgIpc) is 3.17. The van der Waals surface area contributed by atoms with Crippen LogP contribution in [0.15, 0.2) is 30.6 Å². The Hall–Kier alpha value is -2.21. The highest BCUT2D eigenvalue weighted by molar-refractivity contribution is 5.36. The van der Waals surface area contributed by atoms with E-state index in [2.05, 4.69) is 25.8 Å². The number of anilines is 1. The van der Waals surface area contributed by atoms with Gasteiger partial charge in [0.05, 0.1) is 5.69 Å². The van der Waals surface area contributed by atoms with Crippen LogP contribution >= 0.6 is 0 Å². The number of hydrogen-bond donors (Lipinski definition) is 1. The molecule has 2 saturated heterocycles. The molecule has 0 radical (unpaired) electrons. The fourth-order valence-electron chi connectivity index (χ4n) is 3.84. The van der Waals surface area contributed by atoms with E-state index in [1.165, 1.54) is 18.4 Å². The summed E-state index contributed by atoms with van der Waals surface area (Å²) in [6.45, 7) is 5.03. The van der Waals surface area contributed by atoms with Crippen molar-refractivity contribution in [1.82, 2.24) is 19.9 Å². The van der Waals surface area contributed by atoms with Gasteiger partial charge in [-0.05, 0) is 50.4 Å². The van der Waals surface area contributed by atoms with Gasteiger partial charge in [-0.25, -0.2) is 4.98 Å². The second-order valence-electron chi connectivity index (χ2n) is 7.06. The number of nitrogens with zero attached hydrogens (tertiary/aromatic N) is 5. The molecule has 2 fully saturated rings. The average molecular weight is 339 g/mol. The first-order valence-corrected chi connectivity index (χ1v) is 9.22. The van der Waals surface area contributed by atoms with Crippen LogP contribution in [0.3, 0.4) is 0 Å². The summed E-state index contributed by atoms with van der Waals surface area (Å²) in [5.74, 6) is 1.20. The predicted octanol–water partition coefficient (Wildman–Crippen LogP) is 2.56. The molecule has 1 N–H and O–H groups in total. The highest BCUT2D eigenvalue weighted by Gasteiger charge is 2.24. The minimum Gasteiger partial charge on any atom is -0.493 e. The van der Waals surface area contributed by atoms with Gasteiger partial charge in [0, 0.05) is 44.0 Å². The van der Waals surface area contributed by atoms with E-state index in [4.69, 9.17) is 4.98 Å². The van der Waals surface area contributed by atoms with E-state index in [9.17, 15) is 5.11 Å². The van der Waals surface area contributed by atoms with Gasteiger partial charge in [0.25, 0.3) is 0 Å². The fourth-order valence-corrected chi connectivity index (χ4v) is 3.84. The summed E-state index contributed by atoms with van der Waals surface area (Å²) in [6, 6.07) is 5.87. The van der Waals surface area contributed by atoms with Gasteiger partial charge in [0.15, 0.2) is 0 Å². The maximum Gasteiger partial charge on any atom is 0.228 e. The topological polar surface area (TPSA) is 65.4 Å². The van der Waals surface area contributed by atoms with E-state index in [0.29, 0.717) is 11.9 Å². The van der Waals surface area contributed by atoms with Gasteiger partial charge in [-0.1, -0.05) is 6.07 Å². The smallest absolute Gasteiger partial charge is 0.228 e. The van der Waals surface area contributed by atoms with E-state index in [1.807, 2.05) is 18.5 Å². The fraction of sp³-hybridized carbons (Fsp3) is 0.526. The number of pyridine rings is 1. The van der Waals surface area contributed by atoms with Crippen LogP contribution in [0.1, 0.15) is 42.9 Å². The molecule has 6 heteroatoms. The zero-order chi connectivity index (χ0) is 17.1. The molecule has 0 unspecified atom stereocenters. The number of aromatic nitrogens is 3. The molecule has 0 bridgehead atoms.